The quantitative estimate of drug-likeness (QED) is 0.823. The van der Waals surface area contributed by atoms with Crippen molar-refractivity contribution in [2.45, 2.75) is 32.2 Å². The van der Waals surface area contributed by atoms with Gasteiger partial charge in [0.05, 0.1) is 6.04 Å². The van der Waals surface area contributed by atoms with Crippen LogP contribution in [0.3, 0.4) is 0 Å². The van der Waals surface area contributed by atoms with Gasteiger partial charge in [0.2, 0.25) is 5.91 Å². The molecule has 3 heteroatoms. The molecule has 1 amide bonds. The molecule has 1 aliphatic heterocycles. The van der Waals surface area contributed by atoms with E-state index in [2.05, 4.69) is 22.3 Å². The molecule has 0 bridgehead atoms. The topological polar surface area (TPSA) is 32.3 Å². The second-order valence-electron chi connectivity index (χ2n) is 5.07. The van der Waals surface area contributed by atoms with Crippen LogP contribution >= 0.6 is 0 Å². The summed E-state index contributed by atoms with van der Waals surface area (Å²) in [5, 5.41) is 3.04. The van der Waals surface area contributed by atoms with E-state index < -0.39 is 0 Å². The molecule has 0 saturated carbocycles. The number of benzene rings is 1. The highest BCUT2D eigenvalue weighted by Crippen LogP contribution is 2.16. The van der Waals surface area contributed by atoms with Gasteiger partial charge < -0.3 is 5.32 Å². The number of hydrogen-bond donors (Lipinski definition) is 1. The number of amides is 1. The first kappa shape index (κ1) is 13.1. The highest BCUT2D eigenvalue weighted by Gasteiger charge is 2.26. The Bertz CT molecular complexity index is 391. The first-order chi connectivity index (χ1) is 8.66. The molecule has 2 rings (SSSR count). The van der Waals surface area contributed by atoms with E-state index in [-0.39, 0.29) is 11.9 Å². The summed E-state index contributed by atoms with van der Waals surface area (Å²) in [7, 11) is 2.02. The lowest BCUT2D eigenvalue weighted by Crippen LogP contribution is -2.42. The van der Waals surface area contributed by atoms with Crippen molar-refractivity contribution >= 4 is 5.91 Å². The van der Waals surface area contributed by atoms with Crippen LogP contribution < -0.4 is 5.32 Å². The molecule has 3 nitrogen and oxygen atoms in total. The van der Waals surface area contributed by atoms with Crippen molar-refractivity contribution in [3.05, 3.63) is 41.9 Å². The van der Waals surface area contributed by atoms with Gasteiger partial charge >= 0.3 is 0 Å². The van der Waals surface area contributed by atoms with Gasteiger partial charge in [0.25, 0.3) is 0 Å². The number of nitrogens with zero attached hydrogens (tertiary/aromatic N) is 1. The molecule has 0 aromatic heterocycles. The molecule has 0 aliphatic carbocycles. The van der Waals surface area contributed by atoms with E-state index in [1.807, 2.05) is 32.2 Å². The van der Waals surface area contributed by atoms with E-state index >= 15 is 0 Å². The van der Waals surface area contributed by atoms with Crippen molar-refractivity contribution in [1.29, 1.82) is 0 Å². The maximum Gasteiger partial charge on any atom is 0.208 e. The van der Waals surface area contributed by atoms with E-state index in [1.165, 1.54) is 5.56 Å². The Morgan fingerprint density at radius 3 is 2.78 bits per heavy atom. The third-order valence-corrected chi connectivity index (χ3v) is 3.47. The fourth-order valence-electron chi connectivity index (χ4n) is 2.48. The van der Waals surface area contributed by atoms with Crippen molar-refractivity contribution in [3.8, 4) is 0 Å². The van der Waals surface area contributed by atoms with Gasteiger partial charge in [-0.2, -0.15) is 6.92 Å². The monoisotopic (exact) mass is 245 g/mol. The first-order valence-corrected chi connectivity index (χ1v) is 6.54. The number of likely N-dealkylation sites (N-methyl/N-ethyl adjacent to an activating group) is 1. The Kier molecular flexibility index (Phi) is 4.37. The summed E-state index contributed by atoms with van der Waals surface area (Å²) in [4.78, 5) is 14.2. The third-order valence-electron chi connectivity index (χ3n) is 3.47. The zero-order chi connectivity index (χ0) is 13.0. The summed E-state index contributed by atoms with van der Waals surface area (Å²) in [5.74, 6) is 0.142. The molecular formula is C15H21N2O-. The predicted octanol–water partition coefficient (Wildman–Crippen LogP) is 1.99. The zero-order valence-electron chi connectivity index (χ0n) is 11.1. The maximum absolute atomic E-state index is 12.1. The molecule has 1 heterocycles. The molecule has 98 valence electrons. The smallest absolute Gasteiger partial charge is 0.208 e. The summed E-state index contributed by atoms with van der Waals surface area (Å²) in [5.41, 5.74) is 1.23. The second-order valence-corrected chi connectivity index (χ2v) is 5.07. The van der Waals surface area contributed by atoms with Gasteiger partial charge in [0.15, 0.2) is 0 Å². The van der Waals surface area contributed by atoms with Crippen molar-refractivity contribution in [1.82, 2.24) is 10.2 Å². The molecule has 1 unspecified atom stereocenters. The Hall–Kier alpha value is -1.35. The van der Waals surface area contributed by atoms with Crippen LogP contribution in [0.15, 0.2) is 30.3 Å². The Morgan fingerprint density at radius 1 is 1.44 bits per heavy atom. The molecule has 18 heavy (non-hydrogen) atoms. The number of likely N-dealkylation sites (tertiary alicyclic amines) is 1. The van der Waals surface area contributed by atoms with E-state index in [9.17, 15) is 4.79 Å². The van der Waals surface area contributed by atoms with Gasteiger partial charge in [0.1, 0.15) is 0 Å². The van der Waals surface area contributed by atoms with E-state index in [0.717, 1.165) is 31.8 Å². The number of carbonyl (C=O) groups is 1. The van der Waals surface area contributed by atoms with Gasteiger partial charge in [0, 0.05) is 0 Å². The molecule has 1 N–H and O–H groups in total. The molecule has 1 atom stereocenters. The molecule has 1 aliphatic rings. The van der Waals surface area contributed by atoms with Crippen molar-refractivity contribution < 1.29 is 4.79 Å². The van der Waals surface area contributed by atoms with Gasteiger partial charge in [-0.15, -0.1) is 6.42 Å². The van der Waals surface area contributed by atoms with Crippen LogP contribution in [0.2, 0.25) is 0 Å². The molecule has 1 fully saturated rings. The molecule has 0 radical (unpaired) electrons. The zero-order valence-corrected chi connectivity index (χ0v) is 11.1. The molecule has 0 spiro atoms. The van der Waals surface area contributed by atoms with E-state index in [1.54, 1.807) is 0 Å². The highest BCUT2D eigenvalue weighted by molar-refractivity contribution is 5.83. The fraction of sp³-hybridized carbons (Fsp3) is 0.467. The van der Waals surface area contributed by atoms with Crippen molar-refractivity contribution in [3.63, 3.8) is 0 Å². The van der Waals surface area contributed by atoms with Crippen LogP contribution in [0.25, 0.3) is 0 Å². The Morgan fingerprint density at radius 2 is 2.17 bits per heavy atom. The maximum atomic E-state index is 12.1. The average molecular weight is 245 g/mol. The minimum Gasteiger partial charge on any atom is -0.501 e. The standard InChI is InChI=1S/C15H21N2O/c1-12(11-13-7-4-3-5-8-13)16-15(18)14-9-6-10-17(14)2/h3-5,7-8,14H,6,9-11H2,1-2H3,(H,16,18)/q-1. The summed E-state index contributed by atoms with van der Waals surface area (Å²) in [6.45, 7) is 3.01. The SMILES string of the molecule is C[C-](Cc1ccccc1)NC(=O)C1CCCN1C. The summed E-state index contributed by atoms with van der Waals surface area (Å²) < 4.78 is 0. The van der Waals surface area contributed by atoms with Crippen LogP contribution in [-0.4, -0.2) is 30.4 Å². The van der Waals surface area contributed by atoms with Gasteiger partial charge in [-0.3, -0.25) is 9.69 Å². The van der Waals surface area contributed by atoms with Crippen LogP contribution in [0.4, 0.5) is 0 Å². The van der Waals surface area contributed by atoms with Gasteiger partial charge in [-0.05, 0) is 26.4 Å². The lowest BCUT2D eigenvalue weighted by molar-refractivity contribution is -0.124. The average Bonchev–Trinajstić information content (AvgIpc) is 2.76. The normalized spacial score (nSPS) is 20.3. The lowest BCUT2D eigenvalue weighted by atomic mass is 10.1. The molecule has 1 aromatic rings. The van der Waals surface area contributed by atoms with Gasteiger partial charge in [-0.25, -0.2) is 6.04 Å². The number of carbonyl (C=O) groups excluding carboxylic acids is 1. The Labute approximate surface area is 109 Å². The molecule has 1 aromatic carbocycles. The number of hydrogen-bond acceptors (Lipinski definition) is 2. The van der Waals surface area contributed by atoms with E-state index in [0.29, 0.717) is 0 Å². The molecular weight excluding hydrogens is 224 g/mol. The number of rotatable bonds is 4. The number of nitrogens with one attached hydrogen (secondary N) is 1. The Balaban J connectivity index is 1.84. The van der Waals surface area contributed by atoms with Gasteiger partial charge in [-0.1, -0.05) is 35.9 Å². The predicted molar refractivity (Wildman–Crippen MR) is 72.9 cm³/mol. The minimum absolute atomic E-state index is 0.0516. The summed E-state index contributed by atoms with van der Waals surface area (Å²) in [6.07, 6.45) is 2.90. The van der Waals surface area contributed by atoms with Crippen LogP contribution in [0.1, 0.15) is 25.3 Å². The lowest BCUT2D eigenvalue weighted by Gasteiger charge is -2.30. The van der Waals surface area contributed by atoms with E-state index in [4.69, 9.17) is 0 Å². The van der Waals surface area contributed by atoms with Crippen molar-refractivity contribution in [2.24, 2.45) is 0 Å². The van der Waals surface area contributed by atoms with Crippen LogP contribution in [-0.2, 0) is 11.2 Å². The minimum atomic E-state index is 0.0516. The highest BCUT2D eigenvalue weighted by atomic mass is 16.2. The fourth-order valence-corrected chi connectivity index (χ4v) is 2.48. The summed E-state index contributed by atoms with van der Waals surface area (Å²) in [6, 6.07) is 11.3. The van der Waals surface area contributed by atoms with Crippen LogP contribution in [0.5, 0.6) is 0 Å². The molecule has 1 saturated heterocycles. The first-order valence-electron chi connectivity index (χ1n) is 6.54. The third kappa shape index (κ3) is 3.33. The van der Waals surface area contributed by atoms with Crippen LogP contribution in [0, 0.1) is 6.04 Å². The van der Waals surface area contributed by atoms with Crippen molar-refractivity contribution in [2.75, 3.05) is 13.6 Å². The summed E-state index contributed by atoms with van der Waals surface area (Å²) >= 11 is 0. The second kappa shape index (κ2) is 6.01. The largest absolute Gasteiger partial charge is 0.501 e.